The van der Waals surface area contributed by atoms with E-state index in [4.69, 9.17) is 11.6 Å². The highest BCUT2D eigenvalue weighted by atomic mass is 35.5. The Bertz CT molecular complexity index is 491. The normalized spacial score (nSPS) is 22.8. The van der Waals surface area contributed by atoms with Gasteiger partial charge in [0.1, 0.15) is 0 Å². The van der Waals surface area contributed by atoms with Crippen LogP contribution in [0.1, 0.15) is 39.5 Å². The van der Waals surface area contributed by atoms with Crippen LogP contribution in [0.5, 0.6) is 0 Å². The van der Waals surface area contributed by atoms with Crippen LogP contribution in [0.3, 0.4) is 0 Å². The number of halogens is 1. The molecule has 0 aliphatic heterocycles. The zero-order valence-corrected chi connectivity index (χ0v) is 12.7. The second kappa shape index (κ2) is 6.44. The number of hydrogen-bond donors (Lipinski definition) is 1. The average Bonchev–Trinajstić information content (AvgIpc) is 2.41. The first kappa shape index (κ1) is 15.1. The Morgan fingerprint density at radius 3 is 2.65 bits per heavy atom. The maximum Gasteiger partial charge on any atom is 0.271 e. The number of nitro groups is 1. The number of hydrogen-bond acceptors (Lipinski definition) is 3. The molecule has 2 unspecified atom stereocenters. The molecule has 1 N–H and O–H groups in total. The molecule has 1 aromatic rings. The van der Waals surface area contributed by atoms with Gasteiger partial charge >= 0.3 is 0 Å². The van der Waals surface area contributed by atoms with E-state index in [-0.39, 0.29) is 5.69 Å². The van der Waals surface area contributed by atoms with E-state index in [1.165, 1.54) is 31.4 Å². The van der Waals surface area contributed by atoms with E-state index in [2.05, 4.69) is 19.2 Å². The van der Waals surface area contributed by atoms with Crippen LogP contribution < -0.4 is 5.32 Å². The number of nitrogens with zero attached hydrogens (tertiary/aromatic N) is 1. The van der Waals surface area contributed by atoms with Gasteiger partial charge in [0.25, 0.3) is 5.69 Å². The number of anilines is 1. The van der Waals surface area contributed by atoms with Crippen molar-refractivity contribution in [2.24, 2.45) is 11.8 Å². The minimum absolute atomic E-state index is 0.0320. The van der Waals surface area contributed by atoms with Gasteiger partial charge in [-0.1, -0.05) is 38.3 Å². The molecule has 5 heteroatoms. The highest BCUT2D eigenvalue weighted by molar-refractivity contribution is 6.33. The van der Waals surface area contributed by atoms with Crippen LogP contribution in [-0.2, 0) is 0 Å². The molecule has 1 aliphatic rings. The summed E-state index contributed by atoms with van der Waals surface area (Å²) in [6.45, 7) is 4.50. The highest BCUT2D eigenvalue weighted by Crippen LogP contribution is 2.34. The molecule has 20 heavy (non-hydrogen) atoms. The standard InChI is InChI=1S/C15H21ClN2O2/c1-10(2)12-5-3-4-6-14(12)17-15-8-7-11(18(19)20)9-13(15)16/h7-10,12,14,17H,3-6H2,1-2H3. The fourth-order valence-electron chi connectivity index (χ4n) is 3.07. The van der Waals surface area contributed by atoms with Crippen molar-refractivity contribution in [2.45, 2.75) is 45.6 Å². The lowest BCUT2D eigenvalue weighted by atomic mass is 9.78. The van der Waals surface area contributed by atoms with E-state index < -0.39 is 4.92 Å². The summed E-state index contributed by atoms with van der Waals surface area (Å²) in [6, 6.07) is 5.04. The molecule has 1 fully saturated rings. The van der Waals surface area contributed by atoms with Crippen molar-refractivity contribution in [1.82, 2.24) is 0 Å². The first-order chi connectivity index (χ1) is 9.49. The van der Waals surface area contributed by atoms with Gasteiger partial charge in [0, 0.05) is 18.2 Å². The fourth-order valence-corrected chi connectivity index (χ4v) is 3.30. The molecular formula is C15H21ClN2O2. The smallest absolute Gasteiger partial charge is 0.271 e. The SMILES string of the molecule is CC(C)C1CCCCC1Nc1ccc([N+](=O)[O-])cc1Cl. The summed E-state index contributed by atoms with van der Waals surface area (Å²) in [5.41, 5.74) is 0.833. The summed E-state index contributed by atoms with van der Waals surface area (Å²) in [7, 11) is 0. The van der Waals surface area contributed by atoms with Crippen LogP contribution in [-0.4, -0.2) is 11.0 Å². The molecular weight excluding hydrogens is 276 g/mol. The average molecular weight is 297 g/mol. The molecule has 1 saturated carbocycles. The first-order valence-electron chi connectivity index (χ1n) is 7.19. The second-order valence-electron chi connectivity index (χ2n) is 5.86. The highest BCUT2D eigenvalue weighted by Gasteiger charge is 2.27. The van der Waals surface area contributed by atoms with E-state index in [1.54, 1.807) is 6.07 Å². The van der Waals surface area contributed by atoms with Gasteiger partial charge in [-0.3, -0.25) is 10.1 Å². The van der Waals surface area contributed by atoms with Crippen molar-refractivity contribution in [3.05, 3.63) is 33.3 Å². The van der Waals surface area contributed by atoms with E-state index in [0.717, 1.165) is 12.1 Å². The third-order valence-electron chi connectivity index (χ3n) is 4.18. The van der Waals surface area contributed by atoms with Gasteiger partial charge in [0.15, 0.2) is 0 Å². The quantitative estimate of drug-likeness (QED) is 0.636. The molecule has 1 aromatic carbocycles. The zero-order valence-electron chi connectivity index (χ0n) is 11.9. The lowest BCUT2D eigenvalue weighted by Gasteiger charge is -2.35. The molecule has 0 spiro atoms. The van der Waals surface area contributed by atoms with Crippen LogP contribution in [0.25, 0.3) is 0 Å². The van der Waals surface area contributed by atoms with E-state index in [1.807, 2.05) is 0 Å². The molecule has 4 nitrogen and oxygen atoms in total. The molecule has 1 aliphatic carbocycles. The van der Waals surface area contributed by atoms with Crippen molar-refractivity contribution in [2.75, 3.05) is 5.32 Å². The molecule has 0 aromatic heterocycles. The predicted molar refractivity (Wildman–Crippen MR) is 82.3 cm³/mol. The topological polar surface area (TPSA) is 55.2 Å². The fraction of sp³-hybridized carbons (Fsp3) is 0.600. The minimum atomic E-state index is -0.423. The monoisotopic (exact) mass is 296 g/mol. The Morgan fingerprint density at radius 2 is 2.05 bits per heavy atom. The Balaban J connectivity index is 2.14. The number of non-ortho nitro benzene ring substituents is 1. The Morgan fingerprint density at radius 1 is 1.35 bits per heavy atom. The second-order valence-corrected chi connectivity index (χ2v) is 6.27. The first-order valence-corrected chi connectivity index (χ1v) is 7.57. The summed E-state index contributed by atoms with van der Waals surface area (Å²) in [5, 5.41) is 14.6. The molecule has 0 heterocycles. The van der Waals surface area contributed by atoms with Crippen molar-refractivity contribution in [3.63, 3.8) is 0 Å². The summed E-state index contributed by atoms with van der Waals surface area (Å²) >= 11 is 6.15. The van der Waals surface area contributed by atoms with Crippen molar-refractivity contribution in [3.8, 4) is 0 Å². The Hall–Kier alpha value is -1.29. The van der Waals surface area contributed by atoms with Gasteiger partial charge in [0.05, 0.1) is 15.6 Å². The van der Waals surface area contributed by atoms with Crippen LogP contribution in [0, 0.1) is 22.0 Å². The maximum absolute atomic E-state index is 10.7. The lowest BCUT2D eigenvalue weighted by molar-refractivity contribution is -0.384. The van der Waals surface area contributed by atoms with Crippen LogP contribution in [0.2, 0.25) is 5.02 Å². The van der Waals surface area contributed by atoms with Gasteiger partial charge in [-0.15, -0.1) is 0 Å². The molecule has 110 valence electrons. The summed E-state index contributed by atoms with van der Waals surface area (Å²) in [6.07, 6.45) is 4.89. The molecule has 0 amide bonds. The summed E-state index contributed by atoms with van der Waals surface area (Å²) < 4.78 is 0. The van der Waals surface area contributed by atoms with Crippen LogP contribution in [0.15, 0.2) is 18.2 Å². The lowest BCUT2D eigenvalue weighted by Crippen LogP contribution is -2.35. The van der Waals surface area contributed by atoms with Crippen LogP contribution in [0.4, 0.5) is 11.4 Å². The maximum atomic E-state index is 10.7. The van der Waals surface area contributed by atoms with Crippen LogP contribution >= 0.6 is 11.6 Å². The van der Waals surface area contributed by atoms with Gasteiger partial charge in [-0.25, -0.2) is 0 Å². The largest absolute Gasteiger partial charge is 0.381 e. The zero-order chi connectivity index (χ0) is 14.7. The predicted octanol–water partition coefficient (Wildman–Crippen LogP) is 4.87. The van der Waals surface area contributed by atoms with Gasteiger partial charge in [-0.05, 0) is 30.7 Å². The van der Waals surface area contributed by atoms with Crippen molar-refractivity contribution >= 4 is 23.0 Å². The van der Waals surface area contributed by atoms with E-state index in [9.17, 15) is 10.1 Å². The minimum Gasteiger partial charge on any atom is -0.381 e. The number of nitro benzene ring substituents is 1. The number of rotatable bonds is 4. The number of nitrogens with one attached hydrogen (secondary N) is 1. The summed E-state index contributed by atoms with van der Waals surface area (Å²) in [5.74, 6) is 1.26. The molecule has 0 radical (unpaired) electrons. The van der Waals surface area contributed by atoms with Gasteiger partial charge in [-0.2, -0.15) is 0 Å². The van der Waals surface area contributed by atoms with Crippen molar-refractivity contribution < 1.29 is 4.92 Å². The molecule has 2 rings (SSSR count). The Kier molecular flexibility index (Phi) is 4.86. The van der Waals surface area contributed by atoms with Crippen molar-refractivity contribution in [1.29, 1.82) is 0 Å². The van der Waals surface area contributed by atoms with E-state index in [0.29, 0.717) is 22.9 Å². The van der Waals surface area contributed by atoms with E-state index >= 15 is 0 Å². The third-order valence-corrected chi connectivity index (χ3v) is 4.49. The molecule has 2 atom stereocenters. The molecule has 0 saturated heterocycles. The Labute approximate surface area is 124 Å². The third kappa shape index (κ3) is 3.42. The molecule has 0 bridgehead atoms. The van der Waals surface area contributed by atoms with Gasteiger partial charge in [0.2, 0.25) is 0 Å². The van der Waals surface area contributed by atoms with Gasteiger partial charge < -0.3 is 5.32 Å². The summed E-state index contributed by atoms with van der Waals surface area (Å²) in [4.78, 5) is 10.3. The number of benzene rings is 1.